The minimum absolute atomic E-state index is 0. The second-order valence-corrected chi connectivity index (χ2v) is 15.2. The van der Waals surface area contributed by atoms with E-state index in [9.17, 15) is 13.2 Å². The fourth-order valence-corrected chi connectivity index (χ4v) is 7.28. The van der Waals surface area contributed by atoms with Crippen LogP contribution in [0.3, 0.4) is 0 Å². The Morgan fingerprint density at radius 3 is 2.64 bits per heavy atom. The number of fused-ring (bicyclic) bond motifs is 2. The number of benzene rings is 1. The molecule has 11 heteroatoms. The largest absolute Gasteiger partial charge is 0.577 e. The van der Waals surface area contributed by atoms with Gasteiger partial charge in [-0.2, -0.15) is 0 Å². The molecular weight excluding hydrogens is 571 g/mol. The molecule has 1 aliphatic heterocycles. The number of rotatable bonds is 9. The van der Waals surface area contributed by atoms with Crippen molar-refractivity contribution in [2.75, 3.05) is 26.0 Å². The highest BCUT2D eigenvalue weighted by atomic mass is 32.2. The van der Waals surface area contributed by atoms with Crippen LogP contribution in [-0.4, -0.2) is 51.4 Å². The van der Waals surface area contributed by atoms with E-state index in [1.807, 2.05) is 12.1 Å². The van der Waals surface area contributed by atoms with Crippen molar-refractivity contribution in [3.63, 3.8) is 0 Å². The molecule has 1 fully saturated rings. The second kappa shape index (κ2) is 13.4. The number of hydrogen-bond acceptors (Lipinski definition) is 7. The number of hydrogen-bond donors (Lipinski definition) is 3. The van der Waals surface area contributed by atoms with Gasteiger partial charge in [-0.1, -0.05) is 45.0 Å². The van der Waals surface area contributed by atoms with Crippen molar-refractivity contribution in [1.29, 1.82) is 0 Å². The molecule has 2 atom stereocenters. The molecule has 0 bridgehead atoms. The molecule has 1 aliphatic carbocycles. The summed E-state index contributed by atoms with van der Waals surface area (Å²) in [6.45, 7) is 9.14. The summed E-state index contributed by atoms with van der Waals surface area (Å²) in [6.07, 6.45) is 6.80. The molecular formula is C31H45N5O4S2. The van der Waals surface area contributed by atoms with Gasteiger partial charge in [0.15, 0.2) is 0 Å². The summed E-state index contributed by atoms with van der Waals surface area (Å²) in [5.74, 6) is 0.469. The molecule has 2 aliphatic rings. The highest BCUT2D eigenvalue weighted by Gasteiger charge is 2.30. The highest BCUT2D eigenvalue weighted by molar-refractivity contribution is 7.93. The summed E-state index contributed by atoms with van der Waals surface area (Å²) in [4.78, 5) is 20.1. The lowest BCUT2D eigenvalue weighted by Crippen LogP contribution is -2.37. The third kappa shape index (κ3) is 8.29. The Morgan fingerprint density at radius 1 is 1.17 bits per heavy atom. The number of thiophene rings is 1. The lowest BCUT2D eigenvalue weighted by Gasteiger charge is -2.34. The predicted molar refractivity (Wildman–Crippen MR) is 172 cm³/mol. The van der Waals surface area contributed by atoms with Crippen molar-refractivity contribution in [2.24, 2.45) is 11.3 Å². The number of quaternary nitrogens is 1. The normalized spacial score (nSPS) is 18.6. The van der Waals surface area contributed by atoms with Crippen LogP contribution < -0.4 is 16.8 Å². The zero-order chi connectivity index (χ0) is 29.2. The van der Waals surface area contributed by atoms with Crippen molar-refractivity contribution in [3.05, 3.63) is 62.8 Å². The number of nitrogens with zero attached hydrogens (tertiary/aromatic N) is 2. The monoisotopic (exact) mass is 615 g/mol. The Labute approximate surface area is 253 Å². The summed E-state index contributed by atoms with van der Waals surface area (Å²) in [5, 5.41) is 7.83. The summed E-state index contributed by atoms with van der Waals surface area (Å²) >= 11 is 1.43. The molecule has 3 heterocycles. The number of carbonyl (C=O) groups excluding carboxylic acids is 1. The third-order valence-electron chi connectivity index (χ3n) is 8.26. The van der Waals surface area contributed by atoms with Gasteiger partial charge < -0.3 is 26.2 Å². The van der Waals surface area contributed by atoms with Gasteiger partial charge in [0, 0.05) is 36.6 Å². The molecule has 9 nitrogen and oxygen atoms in total. The first kappa shape index (κ1) is 32.3. The molecule has 3 aromatic rings. The van der Waals surface area contributed by atoms with Crippen LogP contribution in [0, 0.1) is 11.3 Å². The van der Waals surface area contributed by atoms with Crippen molar-refractivity contribution < 1.29 is 17.9 Å². The van der Waals surface area contributed by atoms with Crippen LogP contribution in [0.4, 0.5) is 5.69 Å². The van der Waals surface area contributed by atoms with Crippen LogP contribution in [0.15, 0.2) is 36.4 Å². The van der Waals surface area contributed by atoms with Crippen LogP contribution in [0.25, 0.3) is 14.9 Å². The molecule has 0 saturated carbocycles. The average Bonchev–Trinajstić information content (AvgIpc) is 3.33. The number of aryl methyl sites for hydroxylation is 1. The van der Waals surface area contributed by atoms with Gasteiger partial charge in [-0.15, -0.1) is 17.0 Å². The van der Waals surface area contributed by atoms with Crippen molar-refractivity contribution >= 4 is 43.2 Å². The van der Waals surface area contributed by atoms with Gasteiger partial charge in [0.1, 0.15) is 4.83 Å². The van der Waals surface area contributed by atoms with Gasteiger partial charge in [0.25, 0.3) is 5.91 Å². The molecule has 1 saturated heterocycles. The lowest BCUT2D eigenvalue weighted by molar-refractivity contribution is 0.0777. The van der Waals surface area contributed by atoms with Crippen molar-refractivity contribution in [3.8, 4) is 0 Å². The van der Waals surface area contributed by atoms with Crippen LogP contribution in [0.2, 0.25) is 0 Å². The van der Waals surface area contributed by atoms with Gasteiger partial charge in [-0.3, -0.25) is 4.79 Å². The molecule has 1 amide bonds. The fraction of sp³-hybridized carbons (Fsp3) is 0.548. The first-order valence-corrected chi connectivity index (χ1v) is 17.2. The van der Waals surface area contributed by atoms with Gasteiger partial charge in [-0.05, 0) is 79.7 Å². The predicted octanol–water partition coefficient (Wildman–Crippen LogP) is 6.42. The fourth-order valence-electron chi connectivity index (χ4n) is 5.85. The van der Waals surface area contributed by atoms with Gasteiger partial charge in [0.2, 0.25) is 0 Å². The first-order valence-electron chi connectivity index (χ1n) is 14.5. The Hall–Kier alpha value is -2.57. The summed E-state index contributed by atoms with van der Waals surface area (Å²) < 4.78 is 32.9. The van der Waals surface area contributed by atoms with E-state index in [-0.39, 0.29) is 23.5 Å². The van der Waals surface area contributed by atoms with E-state index in [2.05, 4.69) is 42.2 Å². The smallest absolute Gasteiger partial charge is 0.261 e. The Bertz CT molecular complexity index is 1490. The number of aromatic nitrogens is 1. The first-order chi connectivity index (χ1) is 19.4. The minimum atomic E-state index is -3.54. The van der Waals surface area contributed by atoms with Crippen LogP contribution in [-0.2, 0) is 27.6 Å². The Kier molecular flexibility index (Phi) is 10.3. The average molecular weight is 616 g/mol. The van der Waals surface area contributed by atoms with Crippen LogP contribution >= 0.6 is 11.3 Å². The van der Waals surface area contributed by atoms with E-state index in [0.29, 0.717) is 35.5 Å². The maximum atomic E-state index is 13.6. The third-order valence-corrected chi connectivity index (χ3v) is 9.84. The molecule has 0 spiro atoms. The van der Waals surface area contributed by atoms with E-state index < -0.39 is 10.0 Å². The zero-order valence-electron chi connectivity index (χ0n) is 25.4. The number of sulfonamides is 1. The molecule has 6 N–H and O–H groups in total. The Morgan fingerprint density at radius 2 is 1.93 bits per heavy atom. The number of pyridine rings is 1. The van der Waals surface area contributed by atoms with E-state index >= 15 is 0 Å². The molecule has 0 radical (unpaired) electrons. The second-order valence-electron chi connectivity index (χ2n) is 12.5. The Balaban J connectivity index is 0.00000405. The molecule has 5 rings (SSSR count). The van der Waals surface area contributed by atoms with E-state index in [0.717, 1.165) is 73.0 Å². The van der Waals surface area contributed by atoms with Gasteiger partial charge in [-0.25, -0.2) is 13.4 Å². The number of nitrogens with one attached hydrogen (secondary N) is 2. The number of ether oxygens (including phenoxy) is 1. The molecule has 230 valence electrons. The maximum Gasteiger partial charge on any atom is 0.261 e. The minimum Gasteiger partial charge on any atom is -0.577 e. The maximum absolute atomic E-state index is 13.6. The van der Waals surface area contributed by atoms with E-state index in [4.69, 9.17) is 9.72 Å². The molecule has 42 heavy (non-hydrogen) atoms. The highest BCUT2D eigenvalue weighted by Crippen LogP contribution is 2.38. The molecule has 0 unspecified atom stereocenters. The van der Waals surface area contributed by atoms with E-state index in [1.54, 1.807) is 18.2 Å². The number of carbonyl (C=O) groups is 1. The van der Waals surface area contributed by atoms with Gasteiger partial charge in [0.05, 0.1) is 20.9 Å². The van der Waals surface area contributed by atoms with Gasteiger partial charge >= 0.3 is 0 Å². The summed E-state index contributed by atoms with van der Waals surface area (Å²) in [5.41, 5.74) is 3.89. The topological polar surface area (TPSA) is 148 Å². The SMILES string of the molecule is CC(C)(C)[C@H]1CCc2nc3sc(C(=O)N[C@H](CCNC4CCOCC4)c4cccc([N-]S(C)(=O)=O)c4)cc3cc2C1.[NH4+]. The number of amides is 1. The van der Waals surface area contributed by atoms with E-state index in [1.165, 1.54) is 16.9 Å². The zero-order valence-corrected chi connectivity index (χ0v) is 27.0. The van der Waals surface area contributed by atoms with Crippen molar-refractivity contribution in [1.82, 2.24) is 21.8 Å². The standard InChI is InChI=1S/C31H41N4O4S2.H3N/c1-31(2,3)23-8-9-26-21(17-23)16-22-19-28(40-30(22)34-26)29(36)33-27(10-13-32-24-11-14-39-15-12-24)20-6-5-7-25(18-20)35-41(4,37)38;/h5-7,16,18-19,23-24,27,32H,8-15,17H2,1-4H3,(H,33,36);1H3/q-1;/p+1/t23-,27+;/m0./s1. The quantitative estimate of drug-likeness (QED) is 0.253. The molecule has 2 aromatic heterocycles. The van der Waals surface area contributed by atoms with Crippen molar-refractivity contribution in [2.45, 2.75) is 71.4 Å². The molecule has 1 aromatic carbocycles. The van der Waals surface area contributed by atoms with Crippen LogP contribution in [0.1, 0.15) is 79.0 Å². The van der Waals surface area contributed by atoms with Crippen LogP contribution in [0.5, 0.6) is 0 Å². The lowest BCUT2D eigenvalue weighted by atomic mass is 9.71. The summed E-state index contributed by atoms with van der Waals surface area (Å²) in [6, 6.07) is 11.4. The summed E-state index contributed by atoms with van der Waals surface area (Å²) in [7, 11) is -3.54.